The summed E-state index contributed by atoms with van der Waals surface area (Å²) in [4.78, 5) is 12.9. The van der Waals surface area contributed by atoms with Crippen molar-refractivity contribution in [3.8, 4) is 0 Å². The van der Waals surface area contributed by atoms with Gasteiger partial charge in [0.15, 0.2) is 0 Å². The molecule has 0 spiro atoms. The molecule has 114 valence electrons. The van der Waals surface area contributed by atoms with Crippen LogP contribution in [0.5, 0.6) is 0 Å². The molecule has 0 aromatic heterocycles. The predicted octanol–water partition coefficient (Wildman–Crippen LogP) is 4.41. The maximum atomic E-state index is 12.9. The Morgan fingerprint density at radius 2 is 2.10 bits per heavy atom. The zero-order chi connectivity index (χ0) is 14.6. The first-order valence-electron chi connectivity index (χ1n) is 8.59. The molecule has 4 rings (SSSR count). The zero-order valence-electron chi connectivity index (χ0n) is 13.3. The van der Waals surface area contributed by atoms with Crippen molar-refractivity contribution < 1.29 is 9.53 Å². The van der Waals surface area contributed by atoms with Crippen molar-refractivity contribution in [1.29, 1.82) is 0 Å². The van der Waals surface area contributed by atoms with E-state index < -0.39 is 0 Å². The van der Waals surface area contributed by atoms with Crippen LogP contribution in [0.15, 0.2) is 23.0 Å². The molecule has 2 fully saturated rings. The zero-order valence-corrected chi connectivity index (χ0v) is 13.3. The fourth-order valence-corrected chi connectivity index (χ4v) is 5.81. The molecular formula is C19H26O2. The third-order valence-electron chi connectivity index (χ3n) is 6.91. The van der Waals surface area contributed by atoms with Crippen molar-refractivity contribution in [2.45, 2.75) is 58.3 Å². The van der Waals surface area contributed by atoms with Crippen molar-refractivity contribution in [3.05, 3.63) is 23.0 Å². The Labute approximate surface area is 127 Å². The van der Waals surface area contributed by atoms with Gasteiger partial charge in [-0.3, -0.25) is 4.79 Å². The minimum absolute atomic E-state index is 0.336. The monoisotopic (exact) mass is 286 g/mol. The van der Waals surface area contributed by atoms with Gasteiger partial charge >= 0.3 is 0 Å². The number of Topliss-reactive ketones (excluding diaryl/α,β-unsaturated/α-hetero) is 1. The van der Waals surface area contributed by atoms with Gasteiger partial charge in [-0.15, -0.1) is 0 Å². The van der Waals surface area contributed by atoms with Gasteiger partial charge in [-0.25, -0.2) is 0 Å². The molecule has 0 bridgehead atoms. The minimum Gasteiger partial charge on any atom is -0.501 e. The van der Waals surface area contributed by atoms with Crippen LogP contribution in [-0.4, -0.2) is 12.9 Å². The normalized spacial score (nSPS) is 42.1. The number of methoxy groups -OCH3 is 1. The van der Waals surface area contributed by atoms with E-state index in [-0.39, 0.29) is 0 Å². The SMILES string of the molecule is COC1=CCC2=C(CC(=O)[C@@H]3[C@@H]2CC[C@]2(C)CCC[C@@H]32)C1. The van der Waals surface area contributed by atoms with Crippen molar-refractivity contribution in [2.75, 3.05) is 7.11 Å². The largest absolute Gasteiger partial charge is 0.501 e. The van der Waals surface area contributed by atoms with Crippen LogP contribution in [0.1, 0.15) is 58.3 Å². The summed E-state index contributed by atoms with van der Waals surface area (Å²) < 4.78 is 5.41. The van der Waals surface area contributed by atoms with E-state index in [1.54, 1.807) is 12.7 Å². The third kappa shape index (κ3) is 1.94. The summed E-state index contributed by atoms with van der Waals surface area (Å²) in [7, 11) is 1.75. The second-order valence-corrected chi connectivity index (χ2v) is 7.85. The molecule has 0 N–H and O–H groups in total. The van der Waals surface area contributed by atoms with Crippen molar-refractivity contribution in [1.82, 2.24) is 0 Å². The molecule has 2 nitrogen and oxygen atoms in total. The minimum atomic E-state index is 0.336. The number of carbonyl (C=O) groups excluding carboxylic acids is 1. The maximum absolute atomic E-state index is 12.9. The molecule has 4 atom stereocenters. The fraction of sp³-hybridized carbons (Fsp3) is 0.737. The summed E-state index contributed by atoms with van der Waals surface area (Å²) in [5, 5.41) is 0. The smallest absolute Gasteiger partial charge is 0.140 e. The number of ether oxygens (including phenoxy) is 1. The Morgan fingerprint density at radius 3 is 2.90 bits per heavy atom. The van der Waals surface area contributed by atoms with Crippen molar-refractivity contribution >= 4 is 5.78 Å². The van der Waals surface area contributed by atoms with Gasteiger partial charge in [-0.2, -0.15) is 0 Å². The number of hydrogen-bond acceptors (Lipinski definition) is 2. The lowest BCUT2D eigenvalue weighted by atomic mass is 9.54. The molecule has 0 radical (unpaired) electrons. The summed E-state index contributed by atoms with van der Waals surface area (Å²) in [5.41, 5.74) is 3.45. The van der Waals surface area contributed by atoms with Crippen LogP contribution >= 0.6 is 0 Å². The predicted molar refractivity (Wildman–Crippen MR) is 82.6 cm³/mol. The lowest BCUT2D eigenvalue weighted by Gasteiger charge is -2.49. The molecule has 0 aliphatic heterocycles. The number of ketones is 1. The van der Waals surface area contributed by atoms with Gasteiger partial charge in [0.1, 0.15) is 5.78 Å². The summed E-state index contributed by atoms with van der Waals surface area (Å²) in [6.45, 7) is 2.45. The van der Waals surface area contributed by atoms with E-state index >= 15 is 0 Å². The molecule has 4 aliphatic carbocycles. The summed E-state index contributed by atoms with van der Waals surface area (Å²) in [6.07, 6.45) is 11.4. The second kappa shape index (κ2) is 4.72. The Hall–Kier alpha value is -1.05. The number of rotatable bonds is 1. The van der Waals surface area contributed by atoms with Crippen LogP contribution in [0.2, 0.25) is 0 Å². The molecule has 4 aliphatic rings. The average molecular weight is 286 g/mol. The molecule has 0 unspecified atom stereocenters. The van der Waals surface area contributed by atoms with Gasteiger partial charge in [0.05, 0.1) is 12.9 Å². The molecule has 2 saturated carbocycles. The highest BCUT2D eigenvalue weighted by atomic mass is 16.5. The lowest BCUT2D eigenvalue weighted by Crippen LogP contribution is -2.45. The highest BCUT2D eigenvalue weighted by Gasteiger charge is 2.53. The summed E-state index contributed by atoms with van der Waals surface area (Å²) in [5.74, 6) is 3.13. The molecule has 0 aromatic rings. The molecule has 0 saturated heterocycles. The molecule has 0 amide bonds. The summed E-state index contributed by atoms with van der Waals surface area (Å²) >= 11 is 0. The Bertz CT molecular complexity index is 542. The first kappa shape index (κ1) is 13.6. The van der Waals surface area contributed by atoms with Gasteiger partial charge < -0.3 is 4.74 Å². The van der Waals surface area contributed by atoms with Gasteiger partial charge in [0.2, 0.25) is 0 Å². The van der Waals surface area contributed by atoms with E-state index in [1.807, 2.05) is 0 Å². The van der Waals surface area contributed by atoms with E-state index in [4.69, 9.17) is 4.74 Å². The molecule has 0 aromatic carbocycles. The van der Waals surface area contributed by atoms with Gasteiger partial charge in [-0.1, -0.05) is 24.5 Å². The standard InChI is InChI=1S/C19H26O2/c1-19-8-3-4-16(19)18-15(7-9-19)14-6-5-13(21-2)10-12(14)11-17(18)20/h5,15-16,18H,3-4,6-11H2,1-2H3/t15-,16+,18-,19+/m1/s1. The summed E-state index contributed by atoms with van der Waals surface area (Å²) in [6, 6.07) is 0. The number of carbonyl (C=O) groups is 1. The second-order valence-electron chi connectivity index (χ2n) is 7.85. The van der Waals surface area contributed by atoms with E-state index in [0.717, 1.165) is 18.6 Å². The molecule has 2 heteroatoms. The average Bonchev–Trinajstić information content (AvgIpc) is 2.88. The molecule has 0 heterocycles. The van der Waals surface area contributed by atoms with Gasteiger partial charge in [0, 0.05) is 18.8 Å². The lowest BCUT2D eigenvalue weighted by molar-refractivity contribution is -0.130. The fourth-order valence-electron chi connectivity index (χ4n) is 5.81. The Kier molecular flexibility index (Phi) is 3.06. The van der Waals surface area contributed by atoms with Crippen LogP contribution < -0.4 is 0 Å². The van der Waals surface area contributed by atoms with Crippen LogP contribution in [0.3, 0.4) is 0 Å². The van der Waals surface area contributed by atoms with E-state index in [1.165, 1.54) is 37.7 Å². The number of fused-ring (bicyclic) bond motifs is 4. The van der Waals surface area contributed by atoms with Gasteiger partial charge in [0.25, 0.3) is 0 Å². The topological polar surface area (TPSA) is 26.3 Å². The first-order chi connectivity index (χ1) is 10.1. The Morgan fingerprint density at radius 1 is 1.24 bits per heavy atom. The molecular weight excluding hydrogens is 260 g/mol. The third-order valence-corrected chi connectivity index (χ3v) is 6.91. The van der Waals surface area contributed by atoms with Crippen LogP contribution in [-0.2, 0) is 9.53 Å². The number of allylic oxidation sites excluding steroid dienone is 3. The van der Waals surface area contributed by atoms with Crippen molar-refractivity contribution in [3.63, 3.8) is 0 Å². The maximum Gasteiger partial charge on any atom is 0.140 e. The first-order valence-corrected chi connectivity index (χ1v) is 8.59. The van der Waals surface area contributed by atoms with E-state index in [9.17, 15) is 4.79 Å². The quantitative estimate of drug-likeness (QED) is 0.667. The number of hydrogen-bond donors (Lipinski definition) is 0. The highest BCUT2D eigenvalue weighted by molar-refractivity contribution is 5.86. The van der Waals surface area contributed by atoms with Crippen LogP contribution in [0, 0.1) is 23.2 Å². The van der Waals surface area contributed by atoms with Crippen LogP contribution in [0.25, 0.3) is 0 Å². The van der Waals surface area contributed by atoms with Crippen molar-refractivity contribution in [2.24, 2.45) is 23.2 Å². The highest BCUT2D eigenvalue weighted by Crippen LogP contribution is 2.60. The molecule has 21 heavy (non-hydrogen) atoms. The van der Waals surface area contributed by atoms with Crippen LogP contribution in [0.4, 0.5) is 0 Å². The Balaban J connectivity index is 1.67. The van der Waals surface area contributed by atoms with E-state index in [2.05, 4.69) is 13.0 Å². The van der Waals surface area contributed by atoms with E-state index in [0.29, 0.717) is 35.4 Å². The van der Waals surface area contributed by atoms with Gasteiger partial charge in [-0.05, 0) is 55.4 Å².